The second-order valence-electron chi connectivity index (χ2n) is 4.73. The largest absolute Gasteiger partial charge is 0.416 e. The minimum absolute atomic E-state index is 0.0450. The first kappa shape index (κ1) is 13.3. The minimum Gasteiger partial charge on any atom is -0.393 e. The van der Waals surface area contributed by atoms with Crippen LogP contribution in [0.3, 0.4) is 0 Å². The molecular weight excluding hydrogens is 250 g/mol. The number of nitrogens with two attached hydrogens (primary N) is 1. The average molecular weight is 263 g/mol. The molecule has 2 rings (SSSR count). The van der Waals surface area contributed by atoms with Gasteiger partial charge in [0, 0.05) is 12.0 Å². The van der Waals surface area contributed by atoms with Gasteiger partial charge in [-0.2, -0.15) is 13.2 Å². The van der Waals surface area contributed by atoms with Crippen LogP contribution < -0.4 is 5.73 Å². The molecule has 1 fully saturated rings. The van der Waals surface area contributed by atoms with Crippen LogP contribution in [0, 0.1) is 5.82 Å². The van der Waals surface area contributed by atoms with Crippen molar-refractivity contribution >= 4 is 0 Å². The SMILES string of the molecule is NCC1(c2cc(F)ccc2C(F)(F)F)CC(O)C1. The molecule has 0 radical (unpaired) electrons. The molecule has 0 aliphatic heterocycles. The van der Waals surface area contributed by atoms with Crippen LogP contribution in [0.4, 0.5) is 17.6 Å². The van der Waals surface area contributed by atoms with E-state index in [2.05, 4.69) is 0 Å². The highest BCUT2D eigenvalue weighted by atomic mass is 19.4. The van der Waals surface area contributed by atoms with E-state index in [0.717, 1.165) is 18.2 Å². The molecule has 100 valence electrons. The monoisotopic (exact) mass is 263 g/mol. The van der Waals surface area contributed by atoms with Crippen LogP contribution >= 0.6 is 0 Å². The maximum atomic E-state index is 13.2. The van der Waals surface area contributed by atoms with E-state index in [-0.39, 0.29) is 24.9 Å². The van der Waals surface area contributed by atoms with Gasteiger partial charge in [-0.3, -0.25) is 0 Å². The molecule has 0 heterocycles. The molecular formula is C12H13F4NO. The fourth-order valence-corrected chi connectivity index (χ4v) is 2.54. The molecule has 18 heavy (non-hydrogen) atoms. The highest BCUT2D eigenvalue weighted by Crippen LogP contribution is 2.47. The fourth-order valence-electron chi connectivity index (χ4n) is 2.54. The van der Waals surface area contributed by atoms with Gasteiger partial charge in [-0.25, -0.2) is 4.39 Å². The van der Waals surface area contributed by atoms with Crippen molar-refractivity contribution in [2.75, 3.05) is 6.54 Å². The quantitative estimate of drug-likeness (QED) is 0.803. The molecule has 0 amide bonds. The first-order valence-electron chi connectivity index (χ1n) is 5.54. The number of rotatable bonds is 2. The van der Waals surface area contributed by atoms with E-state index in [9.17, 15) is 22.7 Å². The zero-order valence-electron chi connectivity index (χ0n) is 9.47. The number of halogens is 4. The molecule has 1 aromatic carbocycles. The predicted octanol–water partition coefficient (Wildman–Crippen LogP) is 2.20. The lowest BCUT2D eigenvalue weighted by atomic mass is 9.61. The van der Waals surface area contributed by atoms with Crippen LogP contribution in [0.2, 0.25) is 0 Å². The van der Waals surface area contributed by atoms with Gasteiger partial charge in [0.1, 0.15) is 5.82 Å². The molecule has 0 bridgehead atoms. The molecule has 1 aromatic rings. The predicted molar refractivity (Wildman–Crippen MR) is 57.4 cm³/mol. The molecule has 0 atom stereocenters. The number of alkyl halides is 3. The standard InChI is InChI=1S/C12H13F4NO/c13-7-1-2-9(12(14,15)16)10(3-7)11(6-17)4-8(18)5-11/h1-3,8,18H,4-6,17H2. The summed E-state index contributed by atoms with van der Waals surface area (Å²) in [6.45, 7) is -0.0450. The summed E-state index contributed by atoms with van der Waals surface area (Å²) < 4.78 is 51.8. The third-order valence-corrected chi connectivity index (χ3v) is 3.50. The molecule has 1 saturated carbocycles. The highest BCUT2D eigenvalue weighted by molar-refractivity contribution is 5.39. The number of aliphatic hydroxyl groups is 1. The van der Waals surface area contributed by atoms with Crippen molar-refractivity contribution in [2.45, 2.75) is 30.5 Å². The molecule has 3 N–H and O–H groups in total. The lowest BCUT2D eigenvalue weighted by molar-refractivity contribution is -0.139. The van der Waals surface area contributed by atoms with Crippen LogP contribution in [-0.2, 0) is 11.6 Å². The topological polar surface area (TPSA) is 46.2 Å². The Morgan fingerprint density at radius 1 is 1.33 bits per heavy atom. The van der Waals surface area contributed by atoms with Crippen molar-refractivity contribution in [3.8, 4) is 0 Å². The smallest absolute Gasteiger partial charge is 0.393 e. The maximum Gasteiger partial charge on any atom is 0.416 e. The van der Waals surface area contributed by atoms with Crippen molar-refractivity contribution in [3.63, 3.8) is 0 Å². The normalized spacial score (nSPS) is 28.0. The fraction of sp³-hybridized carbons (Fsp3) is 0.500. The zero-order valence-corrected chi connectivity index (χ0v) is 9.47. The lowest BCUT2D eigenvalue weighted by Gasteiger charge is -2.46. The first-order chi connectivity index (χ1) is 8.28. The Kier molecular flexibility index (Phi) is 3.11. The van der Waals surface area contributed by atoms with Gasteiger partial charge in [-0.1, -0.05) is 0 Å². The molecule has 0 spiro atoms. The second-order valence-corrected chi connectivity index (χ2v) is 4.73. The summed E-state index contributed by atoms with van der Waals surface area (Å²) >= 11 is 0. The Morgan fingerprint density at radius 3 is 2.39 bits per heavy atom. The Morgan fingerprint density at radius 2 is 1.94 bits per heavy atom. The van der Waals surface area contributed by atoms with Gasteiger partial charge in [0.05, 0.1) is 11.7 Å². The molecule has 6 heteroatoms. The molecule has 0 aromatic heterocycles. The van der Waals surface area contributed by atoms with Crippen LogP contribution in [-0.4, -0.2) is 17.8 Å². The van der Waals surface area contributed by atoms with Crippen molar-refractivity contribution in [2.24, 2.45) is 5.73 Å². The number of aliphatic hydroxyl groups excluding tert-OH is 1. The first-order valence-corrected chi connectivity index (χ1v) is 5.54. The maximum absolute atomic E-state index is 13.2. The third-order valence-electron chi connectivity index (χ3n) is 3.50. The Bertz CT molecular complexity index is 452. The molecule has 2 nitrogen and oxygen atoms in total. The van der Waals surface area contributed by atoms with Gasteiger partial charge in [0.25, 0.3) is 0 Å². The molecule has 1 aliphatic carbocycles. The van der Waals surface area contributed by atoms with Crippen molar-refractivity contribution in [1.82, 2.24) is 0 Å². The lowest BCUT2D eigenvalue weighted by Crippen LogP contribution is -2.50. The van der Waals surface area contributed by atoms with E-state index >= 15 is 0 Å². The Balaban J connectivity index is 2.52. The van der Waals surface area contributed by atoms with Gasteiger partial charge in [-0.15, -0.1) is 0 Å². The van der Waals surface area contributed by atoms with Crippen LogP contribution in [0.15, 0.2) is 18.2 Å². The minimum atomic E-state index is -4.55. The average Bonchev–Trinajstić information content (AvgIpc) is 2.22. The van der Waals surface area contributed by atoms with E-state index in [1.54, 1.807) is 0 Å². The summed E-state index contributed by atoms with van der Waals surface area (Å²) in [5, 5.41) is 9.31. The molecule has 0 unspecified atom stereocenters. The summed E-state index contributed by atoms with van der Waals surface area (Å²) in [4.78, 5) is 0. The van der Waals surface area contributed by atoms with E-state index in [0.29, 0.717) is 0 Å². The summed E-state index contributed by atoms with van der Waals surface area (Å²) in [6, 6.07) is 2.39. The second kappa shape index (κ2) is 4.20. The van der Waals surface area contributed by atoms with Gasteiger partial charge in [0.15, 0.2) is 0 Å². The third kappa shape index (κ3) is 2.10. The molecule has 1 aliphatic rings. The van der Waals surface area contributed by atoms with Crippen LogP contribution in [0.1, 0.15) is 24.0 Å². The van der Waals surface area contributed by atoms with Gasteiger partial charge in [-0.05, 0) is 36.6 Å². The van der Waals surface area contributed by atoms with Crippen LogP contribution in [0.5, 0.6) is 0 Å². The van der Waals surface area contributed by atoms with Gasteiger partial charge in [0.2, 0.25) is 0 Å². The van der Waals surface area contributed by atoms with Crippen molar-refractivity contribution < 1.29 is 22.7 Å². The van der Waals surface area contributed by atoms with Gasteiger partial charge >= 0.3 is 6.18 Å². The van der Waals surface area contributed by atoms with E-state index < -0.39 is 29.1 Å². The molecule has 0 saturated heterocycles. The van der Waals surface area contributed by atoms with Gasteiger partial charge < -0.3 is 10.8 Å². The van der Waals surface area contributed by atoms with E-state index in [4.69, 9.17) is 5.73 Å². The number of hydrogen-bond acceptors (Lipinski definition) is 2. The Labute approximate surface area is 101 Å². The zero-order chi connectivity index (χ0) is 13.6. The van der Waals surface area contributed by atoms with E-state index in [1.165, 1.54) is 0 Å². The van der Waals surface area contributed by atoms with Crippen LogP contribution in [0.25, 0.3) is 0 Å². The summed E-state index contributed by atoms with van der Waals surface area (Å²) in [5.74, 6) is -0.729. The highest BCUT2D eigenvalue weighted by Gasteiger charge is 2.48. The Hall–Kier alpha value is -1.14. The van der Waals surface area contributed by atoms with Crippen molar-refractivity contribution in [3.05, 3.63) is 35.1 Å². The summed E-state index contributed by atoms with van der Waals surface area (Å²) in [6.07, 6.45) is -4.95. The summed E-state index contributed by atoms with van der Waals surface area (Å²) in [5.41, 5.74) is 3.53. The number of hydrogen-bond donors (Lipinski definition) is 2. The van der Waals surface area contributed by atoms with E-state index in [1.807, 2.05) is 0 Å². The van der Waals surface area contributed by atoms with Crippen molar-refractivity contribution in [1.29, 1.82) is 0 Å². The summed E-state index contributed by atoms with van der Waals surface area (Å²) in [7, 11) is 0. The number of benzene rings is 1.